The lowest BCUT2D eigenvalue weighted by Gasteiger charge is -2.32. The van der Waals surface area contributed by atoms with Crippen LogP contribution in [-0.2, 0) is 19.1 Å². The Bertz CT molecular complexity index is 676. The van der Waals surface area contributed by atoms with Crippen molar-refractivity contribution in [1.82, 2.24) is 4.90 Å². The number of ether oxygens (including phenoxy) is 2. The normalized spacial score (nSPS) is 20.7. The van der Waals surface area contributed by atoms with Crippen LogP contribution in [0.5, 0.6) is 0 Å². The van der Waals surface area contributed by atoms with E-state index in [-0.39, 0.29) is 23.8 Å². The van der Waals surface area contributed by atoms with Gasteiger partial charge >= 0.3 is 5.97 Å². The summed E-state index contributed by atoms with van der Waals surface area (Å²) in [5.41, 5.74) is 0.775. The fraction of sp³-hybridized carbons (Fsp3) is 0.526. The van der Waals surface area contributed by atoms with Gasteiger partial charge in [-0.05, 0) is 37.8 Å². The Hall–Kier alpha value is -2.41. The van der Waals surface area contributed by atoms with Crippen LogP contribution >= 0.6 is 0 Å². The van der Waals surface area contributed by atoms with Crippen LogP contribution in [0.2, 0.25) is 0 Å². The third-order valence-corrected chi connectivity index (χ3v) is 4.97. The van der Waals surface area contributed by atoms with Crippen LogP contribution in [0.1, 0.15) is 36.0 Å². The summed E-state index contributed by atoms with van der Waals surface area (Å²) in [7, 11) is 1.31. The summed E-state index contributed by atoms with van der Waals surface area (Å²) in [6.07, 6.45) is 2.60. The number of anilines is 1. The number of carbonyl (C=O) groups excluding carboxylic acids is 3. The van der Waals surface area contributed by atoms with Crippen molar-refractivity contribution in [2.75, 3.05) is 32.1 Å². The number of hydrogen-bond acceptors (Lipinski definition) is 5. The fourth-order valence-electron chi connectivity index (χ4n) is 3.45. The van der Waals surface area contributed by atoms with Crippen LogP contribution in [-0.4, -0.2) is 55.6 Å². The van der Waals surface area contributed by atoms with Gasteiger partial charge in [0.2, 0.25) is 5.91 Å². The molecule has 2 aliphatic heterocycles. The third-order valence-electron chi connectivity index (χ3n) is 4.97. The molecule has 2 fully saturated rings. The van der Waals surface area contributed by atoms with Crippen LogP contribution in [0.3, 0.4) is 0 Å². The predicted molar refractivity (Wildman–Crippen MR) is 94.7 cm³/mol. The van der Waals surface area contributed by atoms with Gasteiger partial charge in [-0.1, -0.05) is 12.1 Å². The molecule has 1 atom stereocenters. The number of carbonyl (C=O) groups is 3. The van der Waals surface area contributed by atoms with Crippen LogP contribution in [0, 0.1) is 5.92 Å². The molecule has 26 heavy (non-hydrogen) atoms. The zero-order valence-corrected chi connectivity index (χ0v) is 14.9. The maximum absolute atomic E-state index is 12.6. The van der Waals surface area contributed by atoms with E-state index in [1.54, 1.807) is 29.2 Å². The molecule has 0 bridgehead atoms. The van der Waals surface area contributed by atoms with Gasteiger partial charge < -0.3 is 19.7 Å². The van der Waals surface area contributed by atoms with Gasteiger partial charge in [-0.25, -0.2) is 4.79 Å². The highest BCUT2D eigenvalue weighted by molar-refractivity contribution is 6.01. The summed E-state index contributed by atoms with van der Waals surface area (Å²) in [4.78, 5) is 38.5. The molecule has 1 unspecified atom stereocenters. The molecular formula is C19H24N2O5. The molecule has 0 spiro atoms. The van der Waals surface area contributed by atoms with Crippen molar-refractivity contribution < 1.29 is 23.9 Å². The fourth-order valence-corrected chi connectivity index (χ4v) is 3.45. The van der Waals surface area contributed by atoms with E-state index in [2.05, 4.69) is 5.32 Å². The lowest BCUT2D eigenvalue weighted by molar-refractivity contribution is -0.143. The third kappa shape index (κ3) is 4.04. The van der Waals surface area contributed by atoms with E-state index in [1.165, 1.54) is 7.11 Å². The quantitative estimate of drug-likeness (QED) is 0.828. The van der Waals surface area contributed by atoms with Gasteiger partial charge in [0.25, 0.3) is 5.91 Å². The largest absolute Gasteiger partial charge is 0.465 e. The van der Waals surface area contributed by atoms with Crippen LogP contribution in [0.15, 0.2) is 24.3 Å². The molecule has 1 N–H and O–H groups in total. The number of esters is 1. The van der Waals surface area contributed by atoms with Gasteiger partial charge in [0.05, 0.1) is 18.4 Å². The molecule has 2 heterocycles. The molecule has 1 aromatic rings. The number of para-hydroxylation sites is 1. The zero-order chi connectivity index (χ0) is 18.5. The van der Waals surface area contributed by atoms with Crippen LogP contribution in [0.4, 0.5) is 5.69 Å². The molecule has 0 saturated carbocycles. The second-order valence-corrected chi connectivity index (χ2v) is 6.63. The maximum atomic E-state index is 12.6. The Labute approximate surface area is 152 Å². The molecule has 2 aliphatic rings. The summed E-state index contributed by atoms with van der Waals surface area (Å²) in [5, 5.41) is 2.83. The number of amides is 2. The average Bonchev–Trinajstić information content (AvgIpc) is 3.22. The standard InChI is InChI=1S/C19H24N2O5/c1-25-19(24)14-5-2-3-6-15(14)20-17(22)13-8-10-21(11-9-13)18(23)16-7-4-12-26-16/h2-3,5-6,13,16H,4,7-12H2,1H3,(H,20,22). The number of methoxy groups -OCH3 is 1. The first kappa shape index (κ1) is 18.4. The minimum Gasteiger partial charge on any atom is -0.465 e. The Morgan fingerprint density at radius 2 is 1.88 bits per heavy atom. The van der Waals surface area contributed by atoms with E-state index in [4.69, 9.17) is 9.47 Å². The molecule has 0 radical (unpaired) electrons. The second kappa shape index (κ2) is 8.31. The highest BCUT2D eigenvalue weighted by atomic mass is 16.5. The monoisotopic (exact) mass is 360 g/mol. The van der Waals surface area contributed by atoms with E-state index in [1.807, 2.05) is 0 Å². The minimum absolute atomic E-state index is 0.0393. The van der Waals surface area contributed by atoms with Crippen molar-refractivity contribution in [2.24, 2.45) is 5.92 Å². The van der Waals surface area contributed by atoms with Crippen molar-refractivity contribution in [3.05, 3.63) is 29.8 Å². The molecule has 1 aromatic carbocycles. The minimum atomic E-state index is -0.488. The van der Waals surface area contributed by atoms with Gasteiger partial charge in [-0.3, -0.25) is 9.59 Å². The van der Waals surface area contributed by atoms with Crippen LogP contribution < -0.4 is 5.32 Å². The lowest BCUT2D eigenvalue weighted by Crippen LogP contribution is -2.45. The molecule has 0 aromatic heterocycles. The summed E-state index contributed by atoms with van der Waals surface area (Å²) in [6.45, 7) is 1.75. The molecular weight excluding hydrogens is 336 g/mol. The molecule has 3 rings (SSSR count). The number of nitrogens with zero attached hydrogens (tertiary/aromatic N) is 1. The van der Waals surface area contributed by atoms with Crippen molar-refractivity contribution >= 4 is 23.5 Å². The van der Waals surface area contributed by atoms with E-state index in [0.717, 1.165) is 12.8 Å². The van der Waals surface area contributed by atoms with E-state index >= 15 is 0 Å². The average molecular weight is 360 g/mol. The predicted octanol–water partition coefficient (Wildman–Crippen LogP) is 1.83. The van der Waals surface area contributed by atoms with Gasteiger partial charge in [0.15, 0.2) is 0 Å². The topological polar surface area (TPSA) is 84.9 Å². The maximum Gasteiger partial charge on any atom is 0.339 e. The summed E-state index contributed by atoms with van der Waals surface area (Å²) in [5.74, 6) is -0.768. The SMILES string of the molecule is COC(=O)c1ccccc1NC(=O)C1CCN(C(=O)C2CCCO2)CC1. The Kier molecular flexibility index (Phi) is 5.88. The van der Waals surface area contributed by atoms with E-state index in [9.17, 15) is 14.4 Å². The highest BCUT2D eigenvalue weighted by Gasteiger charge is 2.32. The summed E-state index contributed by atoms with van der Waals surface area (Å²) in [6, 6.07) is 6.77. The van der Waals surface area contributed by atoms with E-state index < -0.39 is 5.97 Å². The molecule has 2 saturated heterocycles. The van der Waals surface area contributed by atoms with Gasteiger partial charge in [-0.2, -0.15) is 0 Å². The van der Waals surface area contributed by atoms with Crippen molar-refractivity contribution in [2.45, 2.75) is 31.8 Å². The Balaban J connectivity index is 1.56. The Morgan fingerprint density at radius 3 is 2.54 bits per heavy atom. The lowest BCUT2D eigenvalue weighted by atomic mass is 9.95. The molecule has 2 amide bonds. The first-order chi connectivity index (χ1) is 12.6. The Morgan fingerprint density at radius 1 is 1.15 bits per heavy atom. The smallest absolute Gasteiger partial charge is 0.339 e. The van der Waals surface area contributed by atoms with Crippen molar-refractivity contribution in [1.29, 1.82) is 0 Å². The van der Waals surface area contributed by atoms with Crippen molar-refractivity contribution in [3.8, 4) is 0 Å². The highest BCUT2D eigenvalue weighted by Crippen LogP contribution is 2.24. The first-order valence-electron chi connectivity index (χ1n) is 8.98. The number of likely N-dealkylation sites (tertiary alicyclic amines) is 1. The number of hydrogen-bond donors (Lipinski definition) is 1. The molecule has 140 valence electrons. The molecule has 0 aliphatic carbocycles. The zero-order valence-electron chi connectivity index (χ0n) is 14.9. The van der Waals surface area contributed by atoms with Crippen molar-refractivity contribution in [3.63, 3.8) is 0 Å². The number of benzene rings is 1. The van der Waals surface area contributed by atoms with E-state index in [0.29, 0.717) is 43.8 Å². The summed E-state index contributed by atoms with van der Waals surface area (Å²) < 4.78 is 10.2. The summed E-state index contributed by atoms with van der Waals surface area (Å²) >= 11 is 0. The first-order valence-corrected chi connectivity index (χ1v) is 8.98. The molecule has 7 nitrogen and oxygen atoms in total. The number of nitrogens with one attached hydrogen (secondary N) is 1. The molecule has 7 heteroatoms. The van der Waals surface area contributed by atoms with Gasteiger partial charge in [0.1, 0.15) is 6.10 Å². The number of rotatable bonds is 4. The van der Waals surface area contributed by atoms with Gasteiger partial charge in [0, 0.05) is 25.6 Å². The van der Waals surface area contributed by atoms with Crippen LogP contribution in [0.25, 0.3) is 0 Å². The van der Waals surface area contributed by atoms with Gasteiger partial charge in [-0.15, -0.1) is 0 Å². The number of piperidine rings is 1. The second-order valence-electron chi connectivity index (χ2n) is 6.63.